The number of nitrogens with zero attached hydrogens (tertiary/aromatic N) is 3. The summed E-state index contributed by atoms with van der Waals surface area (Å²) in [5.74, 6) is -0.329. The zero-order chi connectivity index (χ0) is 19.5. The van der Waals surface area contributed by atoms with E-state index in [1.807, 2.05) is 49.4 Å². The van der Waals surface area contributed by atoms with Gasteiger partial charge in [-0.05, 0) is 31.9 Å². The molecule has 2 amide bonds. The highest BCUT2D eigenvalue weighted by atomic mass is 32.1. The van der Waals surface area contributed by atoms with E-state index in [-0.39, 0.29) is 11.8 Å². The average molecular weight is 392 g/mol. The minimum absolute atomic E-state index is 0.115. The third-order valence-electron chi connectivity index (χ3n) is 4.79. The summed E-state index contributed by atoms with van der Waals surface area (Å²) in [7, 11) is 0. The molecule has 1 N–H and O–H groups in total. The average Bonchev–Trinajstić information content (AvgIpc) is 3.38. The number of hydrogen-bond donors (Lipinski definition) is 1. The van der Waals surface area contributed by atoms with Gasteiger partial charge in [0.25, 0.3) is 5.91 Å². The van der Waals surface area contributed by atoms with Gasteiger partial charge in [-0.25, -0.2) is 0 Å². The van der Waals surface area contributed by atoms with Gasteiger partial charge < -0.3 is 4.90 Å². The van der Waals surface area contributed by atoms with Gasteiger partial charge in [0.15, 0.2) is 0 Å². The fourth-order valence-electron chi connectivity index (χ4n) is 3.30. The second kappa shape index (κ2) is 7.90. The van der Waals surface area contributed by atoms with Crippen LogP contribution in [0.15, 0.2) is 54.6 Å². The predicted octanol–water partition coefficient (Wildman–Crippen LogP) is 3.76. The van der Waals surface area contributed by atoms with Crippen molar-refractivity contribution in [1.29, 1.82) is 0 Å². The number of nitrogens with one attached hydrogen (secondary N) is 1. The Balaban J connectivity index is 1.46. The van der Waals surface area contributed by atoms with E-state index in [0.29, 0.717) is 23.7 Å². The summed E-state index contributed by atoms with van der Waals surface area (Å²) < 4.78 is 0. The molecule has 0 bridgehead atoms. The number of benzene rings is 2. The highest BCUT2D eigenvalue weighted by molar-refractivity contribution is 7.18. The molecule has 4 rings (SSSR count). The fraction of sp³-hybridized carbons (Fsp3) is 0.238. The van der Waals surface area contributed by atoms with Crippen LogP contribution in [-0.2, 0) is 4.79 Å². The first-order valence-electron chi connectivity index (χ1n) is 9.19. The van der Waals surface area contributed by atoms with Crippen LogP contribution in [0.1, 0.15) is 28.8 Å². The van der Waals surface area contributed by atoms with Crippen LogP contribution in [-0.4, -0.2) is 39.5 Å². The Bertz CT molecular complexity index is 985. The van der Waals surface area contributed by atoms with Crippen LogP contribution >= 0.6 is 11.3 Å². The summed E-state index contributed by atoms with van der Waals surface area (Å²) in [4.78, 5) is 27.2. The van der Waals surface area contributed by atoms with Crippen molar-refractivity contribution < 1.29 is 9.59 Å². The fourth-order valence-corrected chi connectivity index (χ4v) is 4.06. The van der Waals surface area contributed by atoms with Gasteiger partial charge in [0.05, 0.1) is 0 Å². The standard InChI is InChI=1S/C21H20N4O2S/c1-14-9-11-15(12-10-14)19-23-24-21(28-19)22-18(26)17-8-5-13-25(17)20(27)16-6-3-2-4-7-16/h2-4,6-7,9-12,17H,5,8,13H2,1H3,(H,22,24,26). The summed E-state index contributed by atoms with van der Waals surface area (Å²) in [5, 5.41) is 12.3. The first-order chi connectivity index (χ1) is 13.6. The van der Waals surface area contributed by atoms with E-state index in [0.717, 1.165) is 17.0 Å². The topological polar surface area (TPSA) is 75.2 Å². The lowest BCUT2D eigenvalue weighted by molar-refractivity contribution is -0.119. The van der Waals surface area contributed by atoms with Crippen molar-refractivity contribution in [3.05, 3.63) is 65.7 Å². The largest absolute Gasteiger partial charge is 0.327 e. The zero-order valence-electron chi connectivity index (χ0n) is 15.5. The molecule has 0 saturated carbocycles. The Morgan fingerprint density at radius 1 is 1.07 bits per heavy atom. The van der Waals surface area contributed by atoms with Crippen molar-refractivity contribution in [3.8, 4) is 10.6 Å². The van der Waals surface area contributed by atoms with Crippen molar-refractivity contribution in [2.75, 3.05) is 11.9 Å². The maximum atomic E-state index is 12.8. The van der Waals surface area contributed by atoms with E-state index in [1.54, 1.807) is 17.0 Å². The summed E-state index contributed by atoms with van der Waals surface area (Å²) >= 11 is 1.33. The van der Waals surface area contributed by atoms with Gasteiger partial charge in [-0.15, -0.1) is 10.2 Å². The molecule has 1 unspecified atom stereocenters. The summed E-state index contributed by atoms with van der Waals surface area (Å²) in [6.07, 6.45) is 1.45. The van der Waals surface area contributed by atoms with Gasteiger partial charge in [0.1, 0.15) is 11.0 Å². The van der Waals surface area contributed by atoms with E-state index in [1.165, 1.54) is 16.9 Å². The second-order valence-corrected chi connectivity index (χ2v) is 7.77. The number of aromatic nitrogens is 2. The Kier molecular flexibility index (Phi) is 5.16. The van der Waals surface area contributed by atoms with E-state index in [2.05, 4.69) is 15.5 Å². The maximum Gasteiger partial charge on any atom is 0.254 e. The lowest BCUT2D eigenvalue weighted by Crippen LogP contribution is -2.43. The Labute approximate surface area is 167 Å². The first-order valence-corrected chi connectivity index (χ1v) is 10.0. The molecule has 1 aliphatic rings. The quantitative estimate of drug-likeness (QED) is 0.734. The van der Waals surface area contributed by atoms with Crippen LogP contribution in [0.2, 0.25) is 0 Å². The van der Waals surface area contributed by atoms with Crippen molar-refractivity contribution in [1.82, 2.24) is 15.1 Å². The molecule has 3 aromatic rings. The van der Waals surface area contributed by atoms with Gasteiger partial charge in [-0.2, -0.15) is 0 Å². The van der Waals surface area contributed by atoms with Crippen molar-refractivity contribution in [2.45, 2.75) is 25.8 Å². The maximum absolute atomic E-state index is 12.8. The van der Waals surface area contributed by atoms with Crippen LogP contribution in [0.3, 0.4) is 0 Å². The molecule has 28 heavy (non-hydrogen) atoms. The van der Waals surface area contributed by atoms with Gasteiger partial charge in [-0.3, -0.25) is 14.9 Å². The number of anilines is 1. The third-order valence-corrected chi connectivity index (χ3v) is 5.68. The summed E-state index contributed by atoms with van der Waals surface area (Å²) in [5.41, 5.74) is 2.73. The molecule has 2 aromatic carbocycles. The highest BCUT2D eigenvalue weighted by Crippen LogP contribution is 2.28. The van der Waals surface area contributed by atoms with E-state index in [4.69, 9.17) is 0 Å². The Morgan fingerprint density at radius 2 is 1.82 bits per heavy atom. The molecule has 0 aliphatic carbocycles. The molecule has 1 saturated heterocycles. The molecule has 1 atom stereocenters. The minimum Gasteiger partial charge on any atom is -0.327 e. The monoisotopic (exact) mass is 392 g/mol. The number of rotatable bonds is 4. The Morgan fingerprint density at radius 3 is 2.57 bits per heavy atom. The SMILES string of the molecule is Cc1ccc(-c2nnc(NC(=O)C3CCCN3C(=O)c3ccccc3)s2)cc1. The predicted molar refractivity (Wildman–Crippen MR) is 109 cm³/mol. The number of carbonyl (C=O) groups is 2. The molecule has 0 spiro atoms. The molecule has 0 radical (unpaired) electrons. The van der Waals surface area contributed by atoms with Crippen LogP contribution < -0.4 is 5.32 Å². The normalized spacial score (nSPS) is 16.2. The molecule has 1 aliphatic heterocycles. The lowest BCUT2D eigenvalue weighted by Gasteiger charge is -2.23. The van der Waals surface area contributed by atoms with E-state index in [9.17, 15) is 9.59 Å². The number of amides is 2. The molecular weight excluding hydrogens is 372 g/mol. The van der Waals surface area contributed by atoms with Crippen LogP contribution in [0.5, 0.6) is 0 Å². The van der Waals surface area contributed by atoms with Gasteiger partial charge in [0, 0.05) is 17.7 Å². The molecule has 2 heterocycles. The van der Waals surface area contributed by atoms with Crippen molar-refractivity contribution >= 4 is 28.3 Å². The minimum atomic E-state index is -0.487. The molecule has 1 fully saturated rings. The van der Waals surface area contributed by atoms with Crippen molar-refractivity contribution in [3.63, 3.8) is 0 Å². The molecule has 1 aromatic heterocycles. The number of carbonyl (C=O) groups excluding carboxylic acids is 2. The van der Waals surface area contributed by atoms with E-state index < -0.39 is 6.04 Å². The summed E-state index contributed by atoms with van der Waals surface area (Å²) in [6.45, 7) is 2.61. The Hall–Kier alpha value is -3.06. The molecule has 6 nitrogen and oxygen atoms in total. The first kappa shape index (κ1) is 18.3. The number of likely N-dealkylation sites (tertiary alicyclic amines) is 1. The second-order valence-electron chi connectivity index (χ2n) is 6.79. The number of aryl methyl sites for hydroxylation is 1. The number of hydrogen-bond acceptors (Lipinski definition) is 5. The van der Waals surface area contributed by atoms with Gasteiger partial charge in [-0.1, -0.05) is 59.4 Å². The van der Waals surface area contributed by atoms with Gasteiger partial charge >= 0.3 is 0 Å². The van der Waals surface area contributed by atoms with Crippen LogP contribution in [0.4, 0.5) is 5.13 Å². The van der Waals surface area contributed by atoms with Gasteiger partial charge in [0.2, 0.25) is 11.0 Å². The highest BCUT2D eigenvalue weighted by Gasteiger charge is 2.34. The molecular formula is C21H20N4O2S. The van der Waals surface area contributed by atoms with Crippen LogP contribution in [0.25, 0.3) is 10.6 Å². The zero-order valence-corrected chi connectivity index (χ0v) is 16.3. The summed E-state index contributed by atoms with van der Waals surface area (Å²) in [6, 6.07) is 16.6. The third kappa shape index (κ3) is 3.80. The lowest BCUT2D eigenvalue weighted by atomic mass is 10.1. The molecule has 7 heteroatoms. The molecule has 142 valence electrons. The van der Waals surface area contributed by atoms with Crippen LogP contribution in [0, 0.1) is 6.92 Å². The van der Waals surface area contributed by atoms with Crippen molar-refractivity contribution in [2.24, 2.45) is 0 Å². The van der Waals surface area contributed by atoms with E-state index >= 15 is 0 Å². The smallest absolute Gasteiger partial charge is 0.254 e.